The van der Waals surface area contributed by atoms with Crippen LogP contribution in [0.5, 0.6) is 0 Å². The average Bonchev–Trinajstić information content (AvgIpc) is 2.38. The summed E-state index contributed by atoms with van der Waals surface area (Å²) in [6, 6.07) is -0.894. The molecule has 0 aliphatic rings. The van der Waals surface area contributed by atoms with Crippen LogP contribution in [0.2, 0.25) is 0 Å². The van der Waals surface area contributed by atoms with E-state index in [-0.39, 0.29) is 18.2 Å². The van der Waals surface area contributed by atoms with Gasteiger partial charge in [-0.25, -0.2) is 0 Å². The van der Waals surface area contributed by atoms with Gasteiger partial charge in [-0.2, -0.15) is 0 Å². The predicted octanol–water partition coefficient (Wildman–Crippen LogP) is 1.39. The van der Waals surface area contributed by atoms with Crippen molar-refractivity contribution in [3.05, 3.63) is 0 Å². The second-order valence-corrected chi connectivity index (χ2v) is 4.86. The molecule has 2 N–H and O–H groups in total. The molecule has 0 saturated carbocycles. The van der Waals surface area contributed by atoms with E-state index in [0.717, 1.165) is 25.9 Å². The van der Waals surface area contributed by atoms with Gasteiger partial charge in [0, 0.05) is 25.9 Å². The summed E-state index contributed by atoms with van der Waals surface area (Å²) in [7, 11) is 0. The molecule has 0 aromatic heterocycles. The highest BCUT2D eigenvalue weighted by Crippen LogP contribution is 2.03. The number of nitrogens with zero attached hydrogens (tertiary/aromatic N) is 1. The van der Waals surface area contributed by atoms with Crippen molar-refractivity contribution >= 4 is 17.8 Å². The van der Waals surface area contributed by atoms with E-state index in [1.54, 1.807) is 0 Å². The maximum absolute atomic E-state index is 11.9. The first-order valence-corrected chi connectivity index (χ1v) is 7.22. The van der Waals surface area contributed by atoms with Crippen LogP contribution in [0.1, 0.15) is 52.9 Å². The van der Waals surface area contributed by atoms with E-state index in [0.29, 0.717) is 12.8 Å². The zero-order chi connectivity index (χ0) is 15.5. The number of carbonyl (C=O) groups is 3. The zero-order valence-corrected chi connectivity index (χ0v) is 12.6. The molecule has 0 saturated heterocycles. The number of hydrogen-bond donors (Lipinski definition) is 2. The Morgan fingerprint density at radius 2 is 1.65 bits per heavy atom. The van der Waals surface area contributed by atoms with Crippen molar-refractivity contribution in [2.45, 2.75) is 58.9 Å². The smallest absolute Gasteiger partial charge is 0.325 e. The maximum Gasteiger partial charge on any atom is 0.325 e. The molecule has 0 aromatic rings. The molecule has 0 spiro atoms. The van der Waals surface area contributed by atoms with Crippen molar-refractivity contribution in [3.63, 3.8) is 0 Å². The average molecular weight is 286 g/mol. The van der Waals surface area contributed by atoms with Crippen LogP contribution in [-0.2, 0) is 14.4 Å². The van der Waals surface area contributed by atoms with Gasteiger partial charge in [0.25, 0.3) is 0 Å². The predicted molar refractivity (Wildman–Crippen MR) is 76.3 cm³/mol. The molecule has 0 bridgehead atoms. The molecule has 0 heterocycles. The standard InChI is InChI=1S/C14H26N2O4/c1-4-9-16(10-5-2)13(18)8-6-7-12(17)15-11(3)14(19)20/h11H,4-10H2,1-3H3,(H,15,17)(H,19,20)/t11-/m1/s1. The van der Waals surface area contributed by atoms with Gasteiger partial charge in [0.1, 0.15) is 6.04 Å². The monoisotopic (exact) mass is 286 g/mol. The molecule has 0 radical (unpaired) electrons. The van der Waals surface area contributed by atoms with E-state index in [1.165, 1.54) is 6.92 Å². The third-order valence-electron chi connectivity index (χ3n) is 2.88. The van der Waals surface area contributed by atoms with Gasteiger partial charge in [-0.05, 0) is 26.2 Å². The Kier molecular flexibility index (Phi) is 9.41. The van der Waals surface area contributed by atoms with E-state index in [9.17, 15) is 14.4 Å². The number of aliphatic carboxylic acids is 1. The van der Waals surface area contributed by atoms with Crippen molar-refractivity contribution in [1.29, 1.82) is 0 Å². The number of nitrogens with one attached hydrogen (secondary N) is 1. The second-order valence-electron chi connectivity index (χ2n) is 4.86. The van der Waals surface area contributed by atoms with Gasteiger partial charge in [0.2, 0.25) is 11.8 Å². The molecular formula is C14H26N2O4. The largest absolute Gasteiger partial charge is 0.480 e. The van der Waals surface area contributed by atoms with Gasteiger partial charge in [-0.15, -0.1) is 0 Å². The Labute approximate surface area is 120 Å². The number of amides is 2. The molecule has 0 aromatic carbocycles. The first kappa shape index (κ1) is 18.4. The Morgan fingerprint density at radius 3 is 2.10 bits per heavy atom. The molecule has 1 atom stereocenters. The fourth-order valence-electron chi connectivity index (χ4n) is 1.83. The summed E-state index contributed by atoms with van der Waals surface area (Å²) in [6.07, 6.45) is 2.79. The third kappa shape index (κ3) is 7.76. The van der Waals surface area contributed by atoms with Crippen LogP contribution in [0.25, 0.3) is 0 Å². The van der Waals surface area contributed by atoms with Crippen LogP contribution in [0, 0.1) is 0 Å². The lowest BCUT2D eigenvalue weighted by molar-refractivity contribution is -0.141. The SMILES string of the molecule is CCCN(CCC)C(=O)CCCC(=O)N[C@H](C)C(=O)O. The number of rotatable bonds is 10. The normalized spacial score (nSPS) is 11.8. The van der Waals surface area contributed by atoms with Gasteiger partial charge in [0.05, 0.1) is 0 Å². The maximum atomic E-state index is 11.9. The van der Waals surface area contributed by atoms with Gasteiger partial charge in [-0.1, -0.05) is 13.8 Å². The molecule has 6 heteroatoms. The van der Waals surface area contributed by atoms with Crippen molar-refractivity contribution < 1.29 is 19.5 Å². The van der Waals surface area contributed by atoms with Crippen LogP contribution < -0.4 is 5.32 Å². The molecule has 0 aliphatic carbocycles. The quantitative estimate of drug-likeness (QED) is 0.635. The van der Waals surface area contributed by atoms with Crippen molar-refractivity contribution in [2.24, 2.45) is 0 Å². The van der Waals surface area contributed by atoms with Crippen LogP contribution in [-0.4, -0.2) is 46.9 Å². The first-order valence-electron chi connectivity index (χ1n) is 7.22. The van der Waals surface area contributed by atoms with E-state index in [4.69, 9.17) is 5.11 Å². The van der Waals surface area contributed by atoms with Crippen LogP contribution in [0.3, 0.4) is 0 Å². The molecule has 0 rings (SSSR count). The summed E-state index contributed by atoms with van der Waals surface area (Å²) < 4.78 is 0. The minimum absolute atomic E-state index is 0.0628. The fourth-order valence-corrected chi connectivity index (χ4v) is 1.83. The van der Waals surface area contributed by atoms with Crippen LogP contribution >= 0.6 is 0 Å². The number of carboxylic acid groups (broad SMARTS) is 1. The Bertz CT molecular complexity index is 325. The lowest BCUT2D eigenvalue weighted by Gasteiger charge is -2.21. The summed E-state index contributed by atoms with van der Waals surface area (Å²) in [4.78, 5) is 35.8. The Balaban J connectivity index is 4.00. The van der Waals surface area contributed by atoms with E-state index in [2.05, 4.69) is 5.32 Å². The van der Waals surface area contributed by atoms with Crippen molar-refractivity contribution in [3.8, 4) is 0 Å². The lowest BCUT2D eigenvalue weighted by Crippen LogP contribution is -2.38. The molecule has 0 aliphatic heterocycles. The fraction of sp³-hybridized carbons (Fsp3) is 0.786. The third-order valence-corrected chi connectivity index (χ3v) is 2.88. The topological polar surface area (TPSA) is 86.7 Å². The summed E-state index contributed by atoms with van der Waals surface area (Å²) >= 11 is 0. The summed E-state index contributed by atoms with van der Waals surface area (Å²) in [5.74, 6) is -1.33. The Hall–Kier alpha value is -1.59. The van der Waals surface area contributed by atoms with Crippen molar-refractivity contribution in [1.82, 2.24) is 10.2 Å². The molecule has 0 fully saturated rings. The molecule has 0 unspecified atom stereocenters. The Morgan fingerprint density at radius 1 is 1.10 bits per heavy atom. The van der Waals surface area contributed by atoms with Crippen LogP contribution in [0.15, 0.2) is 0 Å². The lowest BCUT2D eigenvalue weighted by atomic mass is 10.2. The van der Waals surface area contributed by atoms with E-state index < -0.39 is 12.0 Å². The number of carbonyl (C=O) groups excluding carboxylic acids is 2. The molecule has 116 valence electrons. The number of carboxylic acids is 1. The summed E-state index contributed by atoms with van der Waals surface area (Å²) in [6.45, 7) is 6.95. The second kappa shape index (κ2) is 10.2. The minimum atomic E-state index is -1.06. The summed E-state index contributed by atoms with van der Waals surface area (Å²) in [5.41, 5.74) is 0. The highest BCUT2D eigenvalue weighted by Gasteiger charge is 2.15. The van der Waals surface area contributed by atoms with Crippen molar-refractivity contribution in [2.75, 3.05) is 13.1 Å². The van der Waals surface area contributed by atoms with Gasteiger partial charge in [-0.3, -0.25) is 14.4 Å². The molecule has 6 nitrogen and oxygen atoms in total. The van der Waals surface area contributed by atoms with Gasteiger partial charge >= 0.3 is 5.97 Å². The molecular weight excluding hydrogens is 260 g/mol. The van der Waals surface area contributed by atoms with E-state index >= 15 is 0 Å². The minimum Gasteiger partial charge on any atom is -0.480 e. The highest BCUT2D eigenvalue weighted by molar-refractivity contribution is 5.83. The van der Waals surface area contributed by atoms with E-state index in [1.807, 2.05) is 18.7 Å². The number of hydrogen-bond acceptors (Lipinski definition) is 3. The van der Waals surface area contributed by atoms with Crippen LogP contribution in [0.4, 0.5) is 0 Å². The highest BCUT2D eigenvalue weighted by atomic mass is 16.4. The summed E-state index contributed by atoms with van der Waals surface area (Å²) in [5, 5.41) is 11.0. The molecule has 2 amide bonds. The van der Waals surface area contributed by atoms with Gasteiger partial charge < -0.3 is 15.3 Å². The first-order chi connectivity index (χ1) is 9.42. The van der Waals surface area contributed by atoms with Gasteiger partial charge in [0.15, 0.2) is 0 Å². The molecule has 20 heavy (non-hydrogen) atoms. The zero-order valence-electron chi connectivity index (χ0n) is 12.6.